The van der Waals surface area contributed by atoms with Gasteiger partial charge in [0.2, 0.25) is 0 Å². The van der Waals surface area contributed by atoms with E-state index in [1.54, 1.807) is 0 Å². The molecule has 3 N–H and O–H groups in total. The summed E-state index contributed by atoms with van der Waals surface area (Å²) in [5.74, 6) is 0.262. The van der Waals surface area contributed by atoms with Gasteiger partial charge in [-0.15, -0.1) is 0 Å². The third kappa shape index (κ3) is 5.64. The second-order valence-electron chi connectivity index (χ2n) is 8.18. The first kappa shape index (κ1) is 24.1. The fraction of sp³-hybridized carbons (Fsp3) is 0.423. The van der Waals surface area contributed by atoms with E-state index >= 15 is 0 Å². The summed E-state index contributed by atoms with van der Waals surface area (Å²) in [4.78, 5) is 11.9. The van der Waals surface area contributed by atoms with Gasteiger partial charge in [-0.05, 0) is 56.5 Å². The molecule has 2 aliphatic rings. The molecule has 2 aliphatic heterocycles. The first-order valence-electron chi connectivity index (χ1n) is 11.5. The van der Waals surface area contributed by atoms with Crippen molar-refractivity contribution < 1.29 is 9.90 Å². The SMILES string of the molecule is CCCC=O.CNC(c1ccc(N2CCCCC2)cc1)c1cc(Cl)c2c(c1O)NCC=C2. The summed E-state index contributed by atoms with van der Waals surface area (Å²) >= 11 is 6.50. The summed E-state index contributed by atoms with van der Waals surface area (Å²) in [7, 11) is 1.91. The minimum Gasteiger partial charge on any atom is -0.505 e. The minimum atomic E-state index is -0.129. The third-order valence-corrected chi connectivity index (χ3v) is 6.27. The molecule has 32 heavy (non-hydrogen) atoms. The molecule has 0 bridgehead atoms. The van der Waals surface area contributed by atoms with E-state index in [0.29, 0.717) is 23.7 Å². The number of hydrogen-bond donors (Lipinski definition) is 3. The number of aldehydes is 1. The van der Waals surface area contributed by atoms with Gasteiger partial charge >= 0.3 is 0 Å². The highest BCUT2D eigenvalue weighted by Gasteiger charge is 2.23. The fourth-order valence-corrected chi connectivity index (χ4v) is 4.50. The Hall–Kier alpha value is -2.50. The van der Waals surface area contributed by atoms with Gasteiger partial charge in [0.25, 0.3) is 0 Å². The molecule has 0 amide bonds. The van der Waals surface area contributed by atoms with Gasteiger partial charge in [0.05, 0.1) is 16.8 Å². The molecule has 2 aromatic carbocycles. The van der Waals surface area contributed by atoms with E-state index in [4.69, 9.17) is 11.6 Å². The molecule has 172 valence electrons. The van der Waals surface area contributed by atoms with Crippen LogP contribution in [0.3, 0.4) is 0 Å². The lowest BCUT2D eigenvalue weighted by Crippen LogP contribution is -2.29. The molecule has 4 rings (SSSR count). The lowest BCUT2D eigenvalue weighted by Gasteiger charge is -2.29. The number of carbonyl (C=O) groups excluding carboxylic acids is 1. The van der Waals surface area contributed by atoms with Crippen LogP contribution in [-0.2, 0) is 4.79 Å². The van der Waals surface area contributed by atoms with Crippen LogP contribution in [-0.4, -0.2) is 38.1 Å². The number of fused-ring (bicyclic) bond motifs is 1. The Bertz CT molecular complexity index is 922. The Labute approximate surface area is 196 Å². The molecule has 2 heterocycles. The van der Waals surface area contributed by atoms with Gasteiger partial charge < -0.3 is 25.4 Å². The van der Waals surface area contributed by atoms with Crippen molar-refractivity contribution in [1.29, 1.82) is 0 Å². The number of aromatic hydroxyl groups is 1. The van der Waals surface area contributed by atoms with Crippen molar-refractivity contribution in [2.24, 2.45) is 0 Å². The average molecular weight is 456 g/mol. The molecule has 0 aromatic heterocycles. The number of nitrogens with one attached hydrogen (secondary N) is 2. The first-order valence-corrected chi connectivity index (χ1v) is 11.9. The Morgan fingerprint density at radius 1 is 1.22 bits per heavy atom. The van der Waals surface area contributed by atoms with E-state index in [2.05, 4.69) is 39.8 Å². The molecule has 0 spiro atoms. The van der Waals surface area contributed by atoms with E-state index in [9.17, 15) is 9.90 Å². The molecule has 0 aliphatic carbocycles. The molecule has 1 atom stereocenters. The maximum absolute atomic E-state index is 10.9. The normalized spacial score (nSPS) is 15.8. The second-order valence-corrected chi connectivity index (χ2v) is 8.59. The molecule has 6 heteroatoms. The first-order chi connectivity index (χ1) is 15.6. The van der Waals surface area contributed by atoms with Crippen molar-refractivity contribution in [3.05, 3.63) is 58.1 Å². The van der Waals surface area contributed by atoms with Crippen LogP contribution in [0.2, 0.25) is 5.02 Å². The molecule has 1 unspecified atom stereocenters. The van der Waals surface area contributed by atoms with Crippen LogP contribution in [0, 0.1) is 0 Å². The van der Waals surface area contributed by atoms with Crippen molar-refractivity contribution in [2.45, 2.75) is 45.1 Å². The maximum atomic E-state index is 10.9. The second kappa shape index (κ2) is 11.9. The van der Waals surface area contributed by atoms with Crippen molar-refractivity contribution in [3.63, 3.8) is 0 Å². The highest BCUT2D eigenvalue weighted by atomic mass is 35.5. The van der Waals surface area contributed by atoms with Crippen LogP contribution < -0.4 is 15.5 Å². The fourth-order valence-electron chi connectivity index (χ4n) is 4.22. The number of rotatable bonds is 6. The number of carbonyl (C=O) groups is 1. The van der Waals surface area contributed by atoms with Crippen LogP contribution in [0.5, 0.6) is 5.75 Å². The number of halogens is 1. The van der Waals surface area contributed by atoms with Gasteiger partial charge in [-0.3, -0.25) is 0 Å². The largest absolute Gasteiger partial charge is 0.505 e. The molecule has 5 nitrogen and oxygen atoms in total. The van der Waals surface area contributed by atoms with E-state index < -0.39 is 0 Å². The summed E-state index contributed by atoms with van der Waals surface area (Å²) in [6, 6.07) is 10.4. The monoisotopic (exact) mass is 455 g/mol. The standard InChI is InChI=1S/C22H26ClN3O.C4H8O/c1-24-20(15-7-9-16(10-8-15)26-12-3-2-4-13-26)18-14-19(23)17-6-5-11-25-21(17)22(18)27;1-2-3-4-5/h5-10,14,20,24-25,27H,2-4,11-13H2,1H3;4H,2-3H2,1H3. The van der Waals surface area contributed by atoms with Gasteiger partial charge in [-0.25, -0.2) is 0 Å². The third-order valence-electron chi connectivity index (χ3n) is 5.95. The number of phenolic OH excluding ortho intramolecular Hbond substituents is 1. The van der Waals surface area contributed by atoms with E-state index in [1.807, 2.05) is 32.2 Å². The maximum Gasteiger partial charge on any atom is 0.144 e. The van der Waals surface area contributed by atoms with Crippen molar-refractivity contribution in [3.8, 4) is 5.75 Å². The zero-order chi connectivity index (χ0) is 22.9. The highest BCUT2D eigenvalue weighted by molar-refractivity contribution is 6.33. The van der Waals surface area contributed by atoms with Gasteiger partial charge in [0.1, 0.15) is 12.0 Å². The van der Waals surface area contributed by atoms with Crippen LogP contribution in [0.25, 0.3) is 6.08 Å². The van der Waals surface area contributed by atoms with Crippen molar-refractivity contribution >= 4 is 35.3 Å². The average Bonchev–Trinajstić information content (AvgIpc) is 2.84. The van der Waals surface area contributed by atoms with E-state index in [1.165, 1.54) is 24.9 Å². The summed E-state index contributed by atoms with van der Waals surface area (Å²) in [6.45, 7) is 4.94. The van der Waals surface area contributed by atoms with Crippen LogP contribution in [0.15, 0.2) is 36.4 Å². The summed E-state index contributed by atoms with van der Waals surface area (Å²) in [6.07, 6.45) is 10.4. The molecular formula is C26H34ClN3O2. The topological polar surface area (TPSA) is 64.6 Å². The summed E-state index contributed by atoms with van der Waals surface area (Å²) in [5.41, 5.74) is 4.73. The van der Waals surface area contributed by atoms with Crippen LogP contribution >= 0.6 is 11.6 Å². The smallest absolute Gasteiger partial charge is 0.144 e. The lowest BCUT2D eigenvalue weighted by atomic mass is 9.94. The zero-order valence-electron chi connectivity index (χ0n) is 19.0. The Morgan fingerprint density at radius 2 is 1.94 bits per heavy atom. The quantitative estimate of drug-likeness (QED) is 0.381. The number of piperidine rings is 1. The highest BCUT2D eigenvalue weighted by Crippen LogP contribution is 2.42. The molecule has 1 saturated heterocycles. The zero-order valence-corrected chi connectivity index (χ0v) is 19.8. The van der Waals surface area contributed by atoms with Gasteiger partial charge in [-0.1, -0.05) is 42.8 Å². The van der Waals surface area contributed by atoms with E-state index in [-0.39, 0.29) is 11.8 Å². The van der Waals surface area contributed by atoms with Crippen LogP contribution in [0.1, 0.15) is 61.8 Å². The Kier molecular flexibility index (Phi) is 9.00. The number of nitrogens with zero attached hydrogens (tertiary/aromatic N) is 1. The van der Waals surface area contributed by atoms with Gasteiger partial charge in [0.15, 0.2) is 0 Å². The van der Waals surface area contributed by atoms with Crippen LogP contribution in [0.4, 0.5) is 11.4 Å². The van der Waals surface area contributed by atoms with Gasteiger partial charge in [0, 0.05) is 42.9 Å². The number of anilines is 2. The molecule has 0 radical (unpaired) electrons. The van der Waals surface area contributed by atoms with Gasteiger partial charge in [-0.2, -0.15) is 0 Å². The predicted octanol–water partition coefficient (Wildman–Crippen LogP) is 5.77. The van der Waals surface area contributed by atoms with Crippen molar-refractivity contribution in [1.82, 2.24) is 5.32 Å². The number of benzene rings is 2. The predicted molar refractivity (Wildman–Crippen MR) is 135 cm³/mol. The van der Waals surface area contributed by atoms with E-state index in [0.717, 1.165) is 42.5 Å². The van der Waals surface area contributed by atoms with Crippen molar-refractivity contribution in [2.75, 3.05) is 36.9 Å². The summed E-state index contributed by atoms with van der Waals surface area (Å²) < 4.78 is 0. The molecule has 0 saturated carbocycles. The number of hydrogen-bond acceptors (Lipinski definition) is 5. The molecular weight excluding hydrogens is 422 g/mol. The lowest BCUT2D eigenvalue weighted by molar-refractivity contribution is -0.107. The molecule has 1 fully saturated rings. The summed E-state index contributed by atoms with van der Waals surface area (Å²) in [5, 5.41) is 18.1. The number of unbranched alkanes of at least 4 members (excludes halogenated alkanes) is 1. The Morgan fingerprint density at radius 3 is 2.53 bits per heavy atom. The molecule has 2 aromatic rings. The minimum absolute atomic E-state index is 0.129. The number of phenols is 1. The Balaban J connectivity index is 0.000000523.